The van der Waals surface area contributed by atoms with Crippen molar-refractivity contribution in [3.8, 4) is 0 Å². The van der Waals surface area contributed by atoms with Crippen molar-refractivity contribution in [3.05, 3.63) is 44.8 Å². The van der Waals surface area contributed by atoms with Gasteiger partial charge in [0, 0.05) is 6.04 Å². The van der Waals surface area contributed by atoms with Gasteiger partial charge < -0.3 is 14.6 Å². The molecule has 0 aliphatic carbocycles. The standard InChI is InChI=1S/C18H19NO4S2/c1-19-11-8-10-9-12(19)16(15(11)22-10)23-17(20)18(21,13-4-2-6-24-13)14-5-3-7-25-14/h2-7,10-12,15-16,21H,8-9H2,1H3. The first-order valence-electron chi connectivity index (χ1n) is 8.48. The minimum atomic E-state index is -1.75. The average molecular weight is 377 g/mol. The van der Waals surface area contributed by atoms with Crippen molar-refractivity contribution in [2.45, 2.75) is 48.8 Å². The van der Waals surface area contributed by atoms with Crippen molar-refractivity contribution >= 4 is 28.6 Å². The maximum Gasteiger partial charge on any atom is 0.349 e. The lowest BCUT2D eigenvalue weighted by Gasteiger charge is -2.36. The van der Waals surface area contributed by atoms with E-state index in [1.54, 1.807) is 12.1 Å². The van der Waals surface area contributed by atoms with Crippen molar-refractivity contribution in [1.82, 2.24) is 4.90 Å². The predicted molar refractivity (Wildman–Crippen MR) is 94.8 cm³/mol. The summed E-state index contributed by atoms with van der Waals surface area (Å²) in [5.74, 6) is -0.601. The number of esters is 1. The van der Waals surface area contributed by atoms with Crippen LogP contribution in [0.25, 0.3) is 0 Å². The summed E-state index contributed by atoms with van der Waals surface area (Å²) in [6, 6.07) is 7.73. The van der Waals surface area contributed by atoms with E-state index in [-0.39, 0.29) is 18.2 Å². The average Bonchev–Trinajstić information content (AvgIpc) is 3.38. The van der Waals surface area contributed by atoms with E-state index >= 15 is 0 Å². The van der Waals surface area contributed by atoms with Crippen molar-refractivity contribution < 1.29 is 19.4 Å². The molecule has 25 heavy (non-hydrogen) atoms. The normalized spacial score (nSPS) is 33.9. The molecule has 5 atom stereocenters. The molecule has 4 aliphatic rings. The zero-order valence-electron chi connectivity index (χ0n) is 13.7. The summed E-state index contributed by atoms with van der Waals surface area (Å²) in [7, 11) is 2.08. The van der Waals surface area contributed by atoms with Gasteiger partial charge in [0.15, 0.2) is 0 Å². The number of carbonyl (C=O) groups excluding carboxylic acids is 1. The number of likely N-dealkylation sites (N-methyl/N-ethyl adjacent to an activating group) is 1. The Balaban J connectivity index is 1.46. The lowest BCUT2D eigenvalue weighted by atomic mass is 9.98. The molecular weight excluding hydrogens is 358 g/mol. The summed E-state index contributed by atoms with van der Waals surface area (Å²) >= 11 is 2.72. The number of thiophene rings is 2. The fraction of sp³-hybridized carbons (Fsp3) is 0.500. The summed E-state index contributed by atoms with van der Waals surface area (Å²) in [5.41, 5.74) is -1.75. The number of piperidine rings is 1. The van der Waals surface area contributed by atoms with Gasteiger partial charge in [-0.3, -0.25) is 4.90 Å². The van der Waals surface area contributed by atoms with E-state index in [9.17, 15) is 9.90 Å². The van der Waals surface area contributed by atoms with Crippen LogP contribution in [0.1, 0.15) is 22.6 Å². The summed E-state index contributed by atoms with van der Waals surface area (Å²) in [5, 5.41) is 15.1. The number of aliphatic hydroxyl groups is 1. The second-order valence-corrected chi connectivity index (χ2v) is 8.92. The Morgan fingerprint density at radius 3 is 2.44 bits per heavy atom. The fourth-order valence-electron chi connectivity index (χ4n) is 4.53. The third-order valence-electron chi connectivity index (χ3n) is 5.78. The molecule has 132 valence electrons. The molecule has 4 bridgehead atoms. The molecule has 2 aromatic heterocycles. The molecule has 4 fully saturated rings. The first-order valence-corrected chi connectivity index (χ1v) is 10.2. The SMILES string of the molecule is CN1C2CC3CC1C(O3)C2OC(=O)C(O)(c1cccs1)c1cccs1. The third kappa shape index (κ3) is 2.20. The number of ether oxygens (including phenoxy) is 2. The highest BCUT2D eigenvalue weighted by Crippen LogP contribution is 2.47. The lowest BCUT2D eigenvalue weighted by Crippen LogP contribution is -2.49. The van der Waals surface area contributed by atoms with Crippen LogP contribution in [-0.2, 0) is 19.9 Å². The van der Waals surface area contributed by atoms with E-state index in [4.69, 9.17) is 9.47 Å². The molecule has 0 aromatic carbocycles. The van der Waals surface area contributed by atoms with Crippen LogP contribution in [0.5, 0.6) is 0 Å². The number of rotatable bonds is 4. The van der Waals surface area contributed by atoms with Gasteiger partial charge in [-0.05, 0) is 42.8 Å². The van der Waals surface area contributed by atoms with E-state index in [0.717, 1.165) is 12.8 Å². The molecule has 6 rings (SSSR count). The highest BCUT2D eigenvalue weighted by Gasteiger charge is 2.61. The zero-order valence-corrected chi connectivity index (χ0v) is 15.3. The quantitative estimate of drug-likeness (QED) is 0.828. The molecule has 4 aliphatic heterocycles. The first kappa shape index (κ1) is 16.0. The van der Waals surface area contributed by atoms with Crippen molar-refractivity contribution in [2.75, 3.05) is 7.05 Å². The Labute approximate surface area is 153 Å². The summed E-state index contributed by atoms with van der Waals surface area (Å²) < 4.78 is 12.0. The minimum Gasteiger partial charge on any atom is -0.455 e. The van der Waals surface area contributed by atoms with Gasteiger partial charge in [0.05, 0.1) is 21.9 Å². The number of carbonyl (C=O) groups is 1. The molecule has 5 nitrogen and oxygen atoms in total. The molecule has 4 saturated heterocycles. The molecule has 1 N–H and O–H groups in total. The van der Waals surface area contributed by atoms with Gasteiger partial charge in [-0.1, -0.05) is 12.1 Å². The molecule has 2 aromatic rings. The predicted octanol–water partition coefficient (Wildman–Crippen LogP) is 2.20. The van der Waals surface area contributed by atoms with Gasteiger partial charge in [-0.15, -0.1) is 22.7 Å². The van der Waals surface area contributed by atoms with E-state index in [1.807, 2.05) is 22.9 Å². The number of hydrogen-bond donors (Lipinski definition) is 1. The Morgan fingerprint density at radius 2 is 1.88 bits per heavy atom. The Kier molecular flexibility index (Phi) is 3.59. The van der Waals surface area contributed by atoms with E-state index in [0.29, 0.717) is 21.9 Å². The number of hydrogen-bond acceptors (Lipinski definition) is 7. The second-order valence-electron chi connectivity index (χ2n) is 7.03. The van der Waals surface area contributed by atoms with Gasteiger partial charge in [-0.2, -0.15) is 0 Å². The van der Waals surface area contributed by atoms with E-state index in [2.05, 4.69) is 11.9 Å². The molecule has 6 heterocycles. The van der Waals surface area contributed by atoms with Gasteiger partial charge in [0.25, 0.3) is 0 Å². The first-order chi connectivity index (χ1) is 12.1. The third-order valence-corrected chi connectivity index (χ3v) is 7.74. The molecule has 0 spiro atoms. The highest BCUT2D eigenvalue weighted by atomic mass is 32.1. The van der Waals surface area contributed by atoms with Crippen molar-refractivity contribution in [2.24, 2.45) is 0 Å². The largest absolute Gasteiger partial charge is 0.455 e. The maximum absolute atomic E-state index is 13.1. The van der Waals surface area contributed by atoms with Crippen LogP contribution in [-0.4, -0.2) is 53.4 Å². The van der Waals surface area contributed by atoms with Gasteiger partial charge in [0.1, 0.15) is 12.2 Å². The Bertz CT molecular complexity index is 739. The lowest BCUT2D eigenvalue weighted by molar-refractivity contribution is -0.180. The second kappa shape index (κ2) is 5.62. The van der Waals surface area contributed by atoms with Crippen LogP contribution in [0.2, 0.25) is 0 Å². The van der Waals surface area contributed by atoms with Crippen LogP contribution in [0.3, 0.4) is 0 Å². The zero-order chi connectivity index (χ0) is 17.2. The molecule has 7 heteroatoms. The smallest absolute Gasteiger partial charge is 0.349 e. The van der Waals surface area contributed by atoms with E-state index < -0.39 is 11.6 Å². The molecule has 0 saturated carbocycles. The van der Waals surface area contributed by atoms with Crippen LogP contribution >= 0.6 is 22.7 Å². The summed E-state index contributed by atoms with van der Waals surface area (Å²) in [4.78, 5) is 16.6. The van der Waals surface area contributed by atoms with Crippen molar-refractivity contribution in [3.63, 3.8) is 0 Å². The highest BCUT2D eigenvalue weighted by molar-refractivity contribution is 7.12. The topological polar surface area (TPSA) is 59.0 Å². The molecular formula is C18H19NO4S2. The summed E-state index contributed by atoms with van der Waals surface area (Å²) in [6.45, 7) is 0. The number of nitrogens with zero attached hydrogens (tertiary/aromatic N) is 1. The van der Waals surface area contributed by atoms with Gasteiger partial charge in [-0.25, -0.2) is 4.79 Å². The monoisotopic (exact) mass is 377 g/mol. The van der Waals surface area contributed by atoms with Crippen LogP contribution in [0.4, 0.5) is 0 Å². The maximum atomic E-state index is 13.1. The minimum absolute atomic E-state index is 0.0754. The van der Waals surface area contributed by atoms with Gasteiger partial charge in [0.2, 0.25) is 5.60 Å². The molecule has 0 radical (unpaired) electrons. The summed E-state index contributed by atoms with van der Waals surface area (Å²) in [6.07, 6.45) is 1.80. The Hall–Kier alpha value is -1.25. The van der Waals surface area contributed by atoms with E-state index in [1.165, 1.54) is 22.7 Å². The molecule has 5 unspecified atom stereocenters. The molecule has 0 amide bonds. The van der Waals surface area contributed by atoms with Crippen LogP contribution < -0.4 is 0 Å². The van der Waals surface area contributed by atoms with Crippen LogP contribution in [0.15, 0.2) is 35.0 Å². The Morgan fingerprint density at radius 1 is 1.24 bits per heavy atom. The van der Waals surface area contributed by atoms with Crippen molar-refractivity contribution in [1.29, 1.82) is 0 Å². The fourth-order valence-corrected chi connectivity index (χ4v) is 6.24. The van der Waals surface area contributed by atoms with Gasteiger partial charge >= 0.3 is 5.97 Å². The van der Waals surface area contributed by atoms with Crippen LogP contribution in [0, 0.1) is 0 Å².